The van der Waals surface area contributed by atoms with E-state index in [1.165, 1.54) is 57.8 Å². The number of methoxy groups -OCH3 is 1. The van der Waals surface area contributed by atoms with E-state index in [-0.39, 0.29) is 0 Å². The van der Waals surface area contributed by atoms with Crippen LogP contribution in [0.3, 0.4) is 0 Å². The Labute approximate surface area is 131 Å². The van der Waals surface area contributed by atoms with Gasteiger partial charge in [0.05, 0.1) is 6.10 Å². The van der Waals surface area contributed by atoms with Crippen LogP contribution in [0.5, 0.6) is 0 Å². The van der Waals surface area contributed by atoms with E-state index >= 15 is 0 Å². The van der Waals surface area contributed by atoms with Gasteiger partial charge in [-0.2, -0.15) is 0 Å². The van der Waals surface area contributed by atoms with Crippen molar-refractivity contribution in [3.63, 3.8) is 0 Å². The fourth-order valence-electron chi connectivity index (χ4n) is 7.43. The van der Waals surface area contributed by atoms with Crippen LogP contribution in [0.2, 0.25) is 0 Å². The van der Waals surface area contributed by atoms with Gasteiger partial charge in [0.25, 0.3) is 0 Å². The van der Waals surface area contributed by atoms with E-state index in [1.807, 2.05) is 7.11 Å². The van der Waals surface area contributed by atoms with Gasteiger partial charge in [-0.15, -0.1) is 0 Å². The second kappa shape index (κ2) is 4.98. The average Bonchev–Trinajstić information content (AvgIpc) is 2.88. The summed E-state index contributed by atoms with van der Waals surface area (Å²) in [6, 6.07) is 0. The highest BCUT2D eigenvalue weighted by molar-refractivity contribution is 5.07. The summed E-state index contributed by atoms with van der Waals surface area (Å²) in [7, 11) is 1.92. The van der Waals surface area contributed by atoms with E-state index < -0.39 is 0 Å². The van der Waals surface area contributed by atoms with Gasteiger partial charge in [-0.3, -0.25) is 0 Å². The first-order valence-electron chi connectivity index (χ1n) is 9.60. The lowest BCUT2D eigenvalue weighted by atomic mass is 9.45. The zero-order valence-electron chi connectivity index (χ0n) is 14.4. The summed E-state index contributed by atoms with van der Waals surface area (Å²) < 4.78 is 5.71. The first-order valence-corrected chi connectivity index (χ1v) is 9.60. The summed E-state index contributed by atoms with van der Waals surface area (Å²) in [5.74, 6) is 4.11. The van der Waals surface area contributed by atoms with E-state index in [4.69, 9.17) is 4.74 Å². The molecule has 0 aliphatic heterocycles. The molecule has 4 aliphatic rings. The molecular formula is C20H34O. The minimum atomic E-state index is 0.556. The highest BCUT2D eigenvalue weighted by atomic mass is 16.5. The fourth-order valence-corrected chi connectivity index (χ4v) is 7.43. The molecule has 0 amide bonds. The summed E-state index contributed by atoms with van der Waals surface area (Å²) in [6.45, 7) is 5.29. The van der Waals surface area contributed by atoms with Crippen LogP contribution in [0.25, 0.3) is 0 Å². The van der Waals surface area contributed by atoms with Crippen LogP contribution in [0.4, 0.5) is 0 Å². The fraction of sp³-hybridized carbons (Fsp3) is 1.00. The predicted molar refractivity (Wildman–Crippen MR) is 87.1 cm³/mol. The van der Waals surface area contributed by atoms with Gasteiger partial charge in [0.1, 0.15) is 0 Å². The summed E-state index contributed by atoms with van der Waals surface area (Å²) in [6.07, 6.45) is 15.3. The number of hydrogen-bond donors (Lipinski definition) is 0. The second-order valence-electron chi connectivity index (χ2n) is 9.37. The Hall–Kier alpha value is -0.0400. The normalized spacial score (nSPS) is 56.4. The van der Waals surface area contributed by atoms with Crippen molar-refractivity contribution < 1.29 is 4.74 Å². The van der Waals surface area contributed by atoms with Crippen LogP contribution in [0.15, 0.2) is 0 Å². The quantitative estimate of drug-likeness (QED) is 0.625. The van der Waals surface area contributed by atoms with Crippen molar-refractivity contribution in [3.05, 3.63) is 0 Å². The smallest absolute Gasteiger partial charge is 0.0574 e. The summed E-state index contributed by atoms with van der Waals surface area (Å²) in [5, 5.41) is 0. The molecule has 4 rings (SSSR count). The minimum Gasteiger partial charge on any atom is -0.381 e. The average molecular weight is 290 g/mol. The van der Waals surface area contributed by atoms with Crippen molar-refractivity contribution in [3.8, 4) is 0 Å². The van der Waals surface area contributed by atoms with Crippen molar-refractivity contribution in [2.45, 2.75) is 84.2 Å². The van der Waals surface area contributed by atoms with Gasteiger partial charge in [0, 0.05) is 7.11 Å². The maximum atomic E-state index is 5.71. The standard InChI is InChI=1S/C20H34O/c1-19-10-4-5-17(19)16-7-6-14-13-15(21-3)8-12-20(14,2)18(16)9-11-19/h14-18H,4-13H2,1-3H3/t14?,15-,16?,17?,18?,19+,20+/m1/s1. The lowest BCUT2D eigenvalue weighted by Crippen LogP contribution is -2.53. The lowest BCUT2D eigenvalue weighted by molar-refractivity contribution is -0.125. The second-order valence-corrected chi connectivity index (χ2v) is 9.37. The van der Waals surface area contributed by atoms with Crippen LogP contribution >= 0.6 is 0 Å². The van der Waals surface area contributed by atoms with Gasteiger partial charge >= 0.3 is 0 Å². The molecule has 1 heteroatoms. The van der Waals surface area contributed by atoms with E-state index in [2.05, 4.69) is 13.8 Å². The third kappa shape index (κ3) is 2.06. The maximum Gasteiger partial charge on any atom is 0.0574 e. The van der Waals surface area contributed by atoms with Crippen LogP contribution in [0.1, 0.15) is 78.1 Å². The van der Waals surface area contributed by atoms with E-state index in [9.17, 15) is 0 Å². The molecule has 0 saturated heterocycles. The molecule has 0 radical (unpaired) electrons. The zero-order chi connectivity index (χ0) is 14.7. The molecule has 0 aromatic rings. The number of ether oxygens (including phenoxy) is 1. The van der Waals surface area contributed by atoms with Crippen molar-refractivity contribution in [1.82, 2.24) is 0 Å². The summed E-state index contributed by atoms with van der Waals surface area (Å²) in [5.41, 5.74) is 1.36. The predicted octanol–water partition coefficient (Wildman–Crippen LogP) is 5.43. The first kappa shape index (κ1) is 14.5. The van der Waals surface area contributed by atoms with Crippen LogP contribution in [0, 0.1) is 34.5 Å². The Morgan fingerprint density at radius 3 is 2.52 bits per heavy atom. The highest BCUT2D eigenvalue weighted by Crippen LogP contribution is 2.66. The molecule has 0 aromatic carbocycles. The molecule has 4 unspecified atom stereocenters. The Balaban J connectivity index is 1.59. The summed E-state index contributed by atoms with van der Waals surface area (Å²) in [4.78, 5) is 0. The zero-order valence-corrected chi connectivity index (χ0v) is 14.4. The largest absolute Gasteiger partial charge is 0.381 e. The third-order valence-electron chi connectivity index (χ3n) is 8.73. The van der Waals surface area contributed by atoms with Gasteiger partial charge < -0.3 is 4.74 Å². The van der Waals surface area contributed by atoms with Crippen molar-refractivity contribution in [2.75, 3.05) is 7.11 Å². The van der Waals surface area contributed by atoms with Gasteiger partial charge in [-0.25, -0.2) is 0 Å². The van der Waals surface area contributed by atoms with Gasteiger partial charge in [0.15, 0.2) is 0 Å². The molecule has 21 heavy (non-hydrogen) atoms. The highest BCUT2D eigenvalue weighted by Gasteiger charge is 2.57. The van der Waals surface area contributed by atoms with Crippen LogP contribution in [-0.2, 0) is 4.74 Å². The summed E-state index contributed by atoms with van der Waals surface area (Å²) >= 11 is 0. The van der Waals surface area contributed by atoms with E-state index in [0.29, 0.717) is 16.9 Å². The third-order valence-corrected chi connectivity index (χ3v) is 8.73. The SMILES string of the molecule is CO[C@@H]1CC[C@@]2(C)C(CCC3C4CCC[C@@]4(C)CCC32)C1. The number of hydrogen-bond acceptors (Lipinski definition) is 1. The molecular weight excluding hydrogens is 256 g/mol. The van der Waals surface area contributed by atoms with E-state index in [1.54, 1.807) is 6.42 Å². The van der Waals surface area contributed by atoms with Crippen molar-refractivity contribution in [2.24, 2.45) is 34.5 Å². The Kier molecular flexibility index (Phi) is 3.45. The molecule has 0 heterocycles. The molecule has 4 fully saturated rings. The molecule has 4 aliphatic carbocycles. The molecule has 4 saturated carbocycles. The molecule has 0 aromatic heterocycles. The van der Waals surface area contributed by atoms with Gasteiger partial charge in [-0.05, 0) is 92.3 Å². The first-order chi connectivity index (χ1) is 10.1. The molecule has 7 atom stereocenters. The number of fused-ring (bicyclic) bond motifs is 5. The molecule has 1 nitrogen and oxygen atoms in total. The molecule has 0 N–H and O–H groups in total. The van der Waals surface area contributed by atoms with Gasteiger partial charge in [-0.1, -0.05) is 20.3 Å². The number of rotatable bonds is 1. The Morgan fingerprint density at radius 2 is 1.71 bits per heavy atom. The van der Waals surface area contributed by atoms with Crippen LogP contribution in [-0.4, -0.2) is 13.2 Å². The Morgan fingerprint density at radius 1 is 0.857 bits per heavy atom. The minimum absolute atomic E-state index is 0.556. The molecule has 120 valence electrons. The molecule has 0 bridgehead atoms. The lowest BCUT2D eigenvalue weighted by Gasteiger charge is -2.60. The molecule has 0 spiro atoms. The van der Waals surface area contributed by atoms with Gasteiger partial charge in [0.2, 0.25) is 0 Å². The van der Waals surface area contributed by atoms with Crippen LogP contribution < -0.4 is 0 Å². The Bertz CT molecular complexity index is 405. The maximum absolute atomic E-state index is 5.71. The van der Waals surface area contributed by atoms with Crippen molar-refractivity contribution in [1.29, 1.82) is 0 Å². The van der Waals surface area contributed by atoms with Crippen molar-refractivity contribution >= 4 is 0 Å². The topological polar surface area (TPSA) is 9.23 Å². The monoisotopic (exact) mass is 290 g/mol. The van der Waals surface area contributed by atoms with E-state index in [0.717, 1.165) is 23.7 Å².